The summed E-state index contributed by atoms with van der Waals surface area (Å²) in [6.45, 7) is -5.97. The van der Waals surface area contributed by atoms with E-state index in [0.29, 0.717) is 28.6 Å². The number of amides is 12. The number of hydrogen-bond acceptors (Lipinski definition) is 19. The average Bonchev–Trinajstić information content (AvgIpc) is 4.28. The Morgan fingerprint density at radius 1 is 0.593 bits per heavy atom. The predicted molar refractivity (Wildman–Crippen MR) is 275 cm³/mol. The van der Waals surface area contributed by atoms with Crippen molar-refractivity contribution in [2.24, 2.45) is 5.73 Å². The van der Waals surface area contributed by atoms with Crippen molar-refractivity contribution in [1.82, 2.24) is 78.3 Å². The van der Waals surface area contributed by atoms with Gasteiger partial charge in [0.25, 0.3) is 0 Å². The number of imidazole rings is 1. The highest BCUT2D eigenvalue weighted by molar-refractivity contribution is 5.99. The number of aromatic nitrogens is 3. The molecule has 3 aromatic rings. The molecular formula is C47H66N16O18. The molecule has 1 saturated heterocycles. The number of para-hydroxylation sites is 1. The van der Waals surface area contributed by atoms with E-state index in [1.165, 1.54) is 19.4 Å². The van der Waals surface area contributed by atoms with E-state index in [2.05, 4.69) is 73.4 Å². The summed E-state index contributed by atoms with van der Waals surface area (Å²) in [6.07, 6.45) is 4.47. The number of carbonyl (C=O) groups is 13. The Hall–Kier alpha value is -9.12. The first-order valence-electron chi connectivity index (χ1n) is 25.0. The van der Waals surface area contributed by atoms with E-state index in [-0.39, 0.29) is 32.4 Å². The van der Waals surface area contributed by atoms with Gasteiger partial charge >= 0.3 is 5.97 Å². The molecule has 1 aromatic carbocycles. The molecule has 1 fully saturated rings. The number of likely N-dealkylation sites (tertiary alicyclic amines) is 1. The van der Waals surface area contributed by atoms with Gasteiger partial charge in [-0.1, -0.05) is 18.2 Å². The summed E-state index contributed by atoms with van der Waals surface area (Å²) in [7, 11) is 0. The van der Waals surface area contributed by atoms with Crippen LogP contribution in [0.4, 0.5) is 0 Å². The van der Waals surface area contributed by atoms with E-state index in [1.54, 1.807) is 30.5 Å². The molecule has 0 spiro atoms. The Morgan fingerprint density at radius 2 is 1.09 bits per heavy atom. The molecule has 81 heavy (non-hydrogen) atoms. The van der Waals surface area contributed by atoms with Crippen LogP contribution in [0, 0.1) is 0 Å². The molecule has 1 aliphatic heterocycles. The third-order valence-corrected chi connectivity index (χ3v) is 12.1. The molecule has 0 saturated carbocycles. The van der Waals surface area contributed by atoms with Gasteiger partial charge < -0.3 is 105 Å². The summed E-state index contributed by atoms with van der Waals surface area (Å²) in [5.74, 6) is -12.9. The van der Waals surface area contributed by atoms with Crippen LogP contribution in [0.15, 0.2) is 43.0 Å². The fraction of sp³-hybridized carbons (Fsp3) is 0.489. The Labute approximate surface area is 459 Å². The lowest BCUT2D eigenvalue weighted by Crippen LogP contribution is -2.61. The van der Waals surface area contributed by atoms with Crippen molar-refractivity contribution >= 4 is 87.8 Å². The van der Waals surface area contributed by atoms with Crippen LogP contribution in [0.3, 0.4) is 0 Å². The van der Waals surface area contributed by atoms with Crippen molar-refractivity contribution in [3.05, 3.63) is 54.2 Å². The molecule has 0 aliphatic carbocycles. The average molecular weight is 1140 g/mol. The highest BCUT2D eigenvalue weighted by atomic mass is 16.4. The zero-order chi connectivity index (χ0) is 59.8. The number of carboxylic acids is 1. The third kappa shape index (κ3) is 19.9. The monoisotopic (exact) mass is 1140 g/mol. The zero-order valence-electron chi connectivity index (χ0n) is 43.6. The second-order valence-electron chi connectivity index (χ2n) is 18.1. The SMILES string of the molecule is C[C@H](NC(=O)[C@H](CO)NC(=O)[C@H](CO)NC(=O)CNC(=O)CNC(=O)[C@H](CO)NC(=O)CNC(=O)CNC(=O)CN)C(=O)N[C@@H](Cc1c[nH]c2ccccc12)C(=O)N[C@@H](CO)C(=O)N[C@@H](Cc1c[nH]cn1)C(=O)N1CCC[C@H]1C(=O)O. The highest BCUT2D eigenvalue weighted by Crippen LogP contribution is 2.21. The van der Waals surface area contributed by atoms with Crippen molar-refractivity contribution in [3.8, 4) is 0 Å². The summed E-state index contributed by atoms with van der Waals surface area (Å²) < 4.78 is 0. The largest absolute Gasteiger partial charge is 0.480 e. The van der Waals surface area contributed by atoms with E-state index < -0.39 is 178 Å². The first-order valence-corrected chi connectivity index (χ1v) is 25.0. The molecule has 1 aliphatic rings. The minimum absolute atomic E-state index is 0.0909. The Balaban J connectivity index is 1.32. The molecular weight excluding hydrogens is 1080 g/mol. The number of hydrogen-bond donors (Lipinski definition) is 19. The standard InChI is InChI=1S/C47H66N16O18/c1-23(56-43(76)32(20-66)62-44(77)31(19-65)58-39(72)17-53-37(70)15-54-41(74)30(18-64)57-38(71)16-52-36(69)14-51-35(68)11-48)40(73)59-28(9-24-12-50-27-6-3-2-5-26(24)27)42(75)61-33(21-67)45(78)60-29(10-25-13-49-22-55-25)46(79)63-8-4-7-34(63)47(80)81/h2-3,5-6,12-13,22-23,28-34,50,64-67H,4,7-11,14-21,48H2,1H3,(H,49,55)(H,51,68)(H,52,69)(H,53,70)(H,54,74)(H,56,76)(H,57,71)(H,58,72)(H,59,73)(H,60,78)(H,61,75)(H,62,77)(H,80,81)/t23-,28-,29-,30-,31-,32-,33-,34-/m0/s1. The summed E-state index contributed by atoms with van der Waals surface area (Å²) >= 11 is 0. The molecule has 20 N–H and O–H groups in total. The number of nitrogens with zero attached hydrogens (tertiary/aromatic N) is 2. The second kappa shape index (κ2) is 32.1. The van der Waals surface area contributed by atoms with Crippen LogP contribution in [0.1, 0.15) is 31.0 Å². The number of carbonyl (C=O) groups excluding carboxylic acids is 12. The zero-order valence-corrected chi connectivity index (χ0v) is 43.6. The van der Waals surface area contributed by atoms with Gasteiger partial charge in [0.1, 0.15) is 48.3 Å². The molecule has 2 aromatic heterocycles. The molecule has 0 bridgehead atoms. The summed E-state index contributed by atoms with van der Waals surface area (Å²) in [4.78, 5) is 177. The van der Waals surface area contributed by atoms with Crippen LogP contribution >= 0.6 is 0 Å². The lowest BCUT2D eigenvalue weighted by molar-refractivity contribution is -0.149. The molecule has 0 unspecified atom stereocenters. The van der Waals surface area contributed by atoms with Crippen LogP contribution in [-0.4, -0.2) is 236 Å². The van der Waals surface area contributed by atoms with Gasteiger partial charge in [-0.2, -0.15) is 0 Å². The third-order valence-electron chi connectivity index (χ3n) is 12.1. The Morgan fingerprint density at radius 3 is 1.64 bits per heavy atom. The van der Waals surface area contributed by atoms with Gasteiger partial charge in [0.05, 0.1) is 71.2 Å². The van der Waals surface area contributed by atoms with E-state index in [9.17, 15) is 87.9 Å². The number of nitrogens with two attached hydrogens (primary N) is 1. The fourth-order valence-electron chi connectivity index (χ4n) is 7.81. The molecule has 12 amide bonds. The molecule has 8 atom stereocenters. The first kappa shape index (κ1) is 64.4. The molecule has 34 heteroatoms. The summed E-state index contributed by atoms with van der Waals surface area (Å²) in [5.41, 5.74) is 6.60. The number of H-pyrrole nitrogens is 2. The lowest BCUT2D eigenvalue weighted by Gasteiger charge is -2.28. The number of rotatable bonds is 32. The van der Waals surface area contributed by atoms with Gasteiger partial charge in [-0.15, -0.1) is 0 Å². The predicted octanol–water partition coefficient (Wildman–Crippen LogP) is -10.4. The smallest absolute Gasteiger partial charge is 0.326 e. The van der Waals surface area contributed by atoms with E-state index in [0.717, 1.165) is 4.90 Å². The van der Waals surface area contributed by atoms with Gasteiger partial charge in [0.2, 0.25) is 70.9 Å². The van der Waals surface area contributed by atoms with E-state index >= 15 is 0 Å². The fourth-order valence-corrected chi connectivity index (χ4v) is 7.81. The van der Waals surface area contributed by atoms with Gasteiger partial charge in [0, 0.05) is 42.7 Å². The highest BCUT2D eigenvalue weighted by Gasteiger charge is 2.39. The van der Waals surface area contributed by atoms with Crippen LogP contribution < -0.4 is 64.2 Å². The van der Waals surface area contributed by atoms with Gasteiger partial charge in [-0.25, -0.2) is 9.78 Å². The van der Waals surface area contributed by atoms with Crippen molar-refractivity contribution in [3.63, 3.8) is 0 Å². The number of fused-ring (bicyclic) bond motifs is 1. The normalized spacial score (nSPS) is 15.4. The van der Waals surface area contributed by atoms with Crippen LogP contribution in [0.5, 0.6) is 0 Å². The lowest BCUT2D eigenvalue weighted by atomic mass is 10.0. The quantitative estimate of drug-likeness (QED) is 0.0276. The first-order chi connectivity index (χ1) is 38.6. The second-order valence-corrected chi connectivity index (χ2v) is 18.1. The summed E-state index contributed by atoms with van der Waals surface area (Å²) in [6, 6.07) is -5.60. The van der Waals surface area contributed by atoms with E-state index in [4.69, 9.17) is 5.73 Å². The topological polar surface area (TPSA) is 529 Å². The number of aliphatic hydroxyl groups is 4. The van der Waals surface area contributed by atoms with E-state index in [1.807, 2.05) is 0 Å². The van der Waals surface area contributed by atoms with Crippen molar-refractivity contribution in [2.75, 3.05) is 65.7 Å². The van der Waals surface area contributed by atoms with Crippen molar-refractivity contribution in [1.29, 1.82) is 0 Å². The molecule has 34 nitrogen and oxygen atoms in total. The maximum absolute atomic E-state index is 14.1. The maximum Gasteiger partial charge on any atom is 0.326 e. The molecule has 0 radical (unpaired) electrons. The van der Waals surface area contributed by atoms with Crippen LogP contribution in [-0.2, 0) is 75.2 Å². The number of nitrogens with one attached hydrogen (secondary N) is 13. The number of aromatic amines is 2. The number of carboxylic acid groups (broad SMARTS) is 1. The van der Waals surface area contributed by atoms with Gasteiger partial charge in [-0.05, 0) is 31.4 Å². The number of benzene rings is 1. The van der Waals surface area contributed by atoms with Crippen LogP contribution in [0.2, 0.25) is 0 Å². The van der Waals surface area contributed by atoms with Crippen molar-refractivity contribution in [2.45, 2.75) is 80.9 Å². The van der Waals surface area contributed by atoms with Gasteiger partial charge in [-0.3, -0.25) is 57.5 Å². The molecule has 4 rings (SSSR count). The minimum Gasteiger partial charge on any atom is -0.480 e. The van der Waals surface area contributed by atoms with Gasteiger partial charge in [0.15, 0.2) is 0 Å². The van der Waals surface area contributed by atoms with Crippen molar-refractivity contribution < 1.29 is 87.9 Å². The maximum atomic E-state index is 14.1. The minimum atomic E-state index is -1.82. The Bertz CT molecular complexity index is 2740. The number of aliphatic hydroxyl groups excluding tert-OH is 4. The Kier molecular flexibility index (Phi) is 25.5. The summed E-state index contributed by atoms with van der Waals surface area (Å²) in [5, 5.41) is 74.7. The molecule has 3 heterocycles. The number of aliphatic carboxylic acids is 1. The van der Waals surface area contributed by atoms with Crippen LogP contribution in [0.25, 0.3) is 10.9 Å². The molecule has 442 valence electrons.